The second-order valence-corrected chi connectivity index (χ2v) is 8.57. The smallest absolute Gasteiger partial charge is 0.475 e. The lowest BCUT2D eigenvalue weighted by Gasteiger charge is -2.31. The maximum atomic E-state index is 10.6. The molecule has 1 spiro atoms. The SMILES string of the molecule is Cc1nc(CN2CCOCC3(CCC(Cn4cncn4)O3)C2)cs1.O=C(O)C(F)(F)F. The van der Waals surface area contributed by atoms with Gasteiger partial charge in [-0.3, -0.25) is 9.58 Å². The monoisotopic (exact) mass is 463 g/mol. The highest BCUT2D eigenvalue weighted by Crippen LogP contribution is 2.34. The van der Waals surface area contributed by atoms with Gasteiger partial charge in [-0.15, -0.1) is 11.3 Å². The topological polar surface area (TPSA) is 103 Å². The van der Waals surface area contributed by atoms with Crippen molar-refractivity contribution in [3.63, 3.8) is 0 Å². The minimum Gasteiger partial charge on any atom is -0.475 e. The predicted molar refractivity (Wildman–Crippen MR) is 103 cm³/mol. The number of alkyl halides is 3. The summed E-state index contributed by atoms with van der Waals surface area (Å²) in [5.74, 6) is -2.76. The lowest BCUT2D eigenvalue weighted by Crippen LogP contribution is -2.44. The van der Waals surface area contributed by atoms with E-state index in [-0.39, 0.29) is 11.7 Å². The summed E-state index contributed by atoms with van der Waals surface area (Å²) in [5.41, 5.74) is 0.944. The number of aliphatic carboxylic acids is 1. The van der Waals surface area contributed by atoms with Crippen molar-refractivity contribution in [2.75, 3.05) is 26.3 Å². The number of carboxylic acid groups (broad SMARTS) is 1. The number of rotatable bonds is 4. The first-order valence-corrected chi connectivity index (χ1v) is 10.5. The Labute approximate surface area is 180 Å². The van der Waals surface area contributed by atoms with Crippen molar-refractivity contribution in [3.05, 3.63) is 28.7 Å². The highest BCUT2D eigenvalue weighted by molar-refractivity contribution is 7.09. The van der Waals surface area contributed by atoms with Gasteiger partial charge >= 0.3 is 12.1 Å². The number of aromatic nitrogens is 4. The van der Waals surface area contributed by atoms with Gasteiger partial charge in [0.25, 0.3) is 0 Å². The maximum absolute atomic E-state index is 10.6. The van der Waals surface area contributed by atoms with Crippen LogP contribution < -0.4 is 0 Å². The molecule has 2 atom stereocenters. The van der Waals surface area contributed by atoms with Crippen molar-refractivity contribution >= 4 is 17.3 Å². The summed E-state index contributed by atoms with van der Waals surface area (Å²) in [6.07, 6.45) is 0.467. The van der Waals surface area contributed by atoms with Crippen LogP contribution >= 0.6 is 11.3 Å². The molecule has 1 N–H and O–H groups in total. The van der Waals surface area contributed by atoms with Gasteiger partial charge in [0, 0.05) is 25.0 Å². The van der Waals surface area contributed by atoms with Gasteiger partial charge < -0.3 is 14.6 Å². The van der Waals surface area contributed by atoms with Gasteiger partial charge in [-0.25, -0.2) is 14.8 Å². The van der Waals surface area contributed by atoms with Gasteiger partial charge in [-0.05, 0) is 19.8 Å². The van der Waals surface area contributed by atoms with E-state index in [1.165, 1.54) is 0 Å². The normalized spacial score (nSPS) is 24.6. The van der Waals surface area contributed by atoms with Crippen LogP contribution in [-0.4, -0.2) is 79.9 Å². The molecule has 2 fully saturated rings. The number of thiazole rings is 1. The molecule has 2 saturated heterocycles. The lowest BCUT2D eigenvalue weighted by molar-refractivity contribution is -0.192. The van der Waals surface area contributed by atoms with Crippen molar-refractivity contribution in [3.8, 4) is 0 Å². The Balaban J connectivity index is 0.000000339. The van der Waals surface area contributed by atoms with E-state index in [1.807, 2.05) is 4.68 Å². The molecule has 0 bridgehead atoms. The van der Waals surface area contributed by atoms with E-state index in [4.69, 9.17) is 19.4 Å². The van der Waals surface area contributed by atoms with E-state index in [0.717, 1.165) is 56.3 Å². The zero-order chi connectivity index (χ0) is 22.5. The molecule has 13 heteroatoms. The van der Waals surface area contributed by atoms with Crippen LogP contribution in [0.25, 0.3) is 0 Å². The molecule has 2 aromatic rings. The molecule has 0 saturated carbocycles. The quantitative estimate of drug-likeness (QED) is 0.736. The van der Waals surface area contributed by atoms with Gasteiger partial charge in [0.05, 0.1) is 36.6 Å². The Morgan fingerprint density at radius 1 is 1.45 bits per heavy atom. The largest absolute Gasteiger partial charge is 0.490 e. The minimum absolute atomic E-state index is 0.178. The molecule has 0 amide bonds. The Hall–Kier alpha value is -2.09. The highest BCUT2D eigenvalue weighted by atomic mass is 32.1. The summed E-state index contributed by atoms with van der Waals surface area (Å²) in [6.45, 7) is 6.93. The van der Waals surface area contributed by atoms with E-state index in [1.54, 1.807) is 24.0 Å². The second kappa shape index (κ2) is 10.0. The van der Waals surface area contributed by atoms with Crippen molar-refractivity contribution in [1.82, 2.24) is 24.6 Å². The van der Waals surface area contributed by atoms with E-state index in [0.29, 0.717) is 6.61 Å². The van der Waals surface area contributed by atoms with E-state index in [2.05, 4.69) is 32.3 Å². The first-order chi connectivity index (χ1) is 14.7. The third kappa shape index (κ3) is 6.95. The highest BCUT2D eigenvalue weighted by Gasteiger charge is 2.43. The number of nitrogens with zero attached hydrogens (tertiary/aromatic N) is 5. The molecular weight excluding hydrogens is 439 g/mol. The average Bonchev–Trinajstić information content (AvgIpc) is 3.39. The summed E-state index contributed by atoms with van der Waals surface area (Å²) in [7, 11) is 0. The van der Waals surface area contributed by atoms with Crippen molar-refractivity contribution in [2.24, 2.45) is 0 Å². The molecule has 0 aromatic carbocycles. The fourth-order valence-corrected chi connectivity index (χ4v) is 4.21. The molecule has 0 radical (unpaired) electrons. The van der Waals surface area contributed by atoms with E-state index in [9.17, 15) is 13.2 Å². The van der Waals surface area contributed by atoms with Gasteiger partial charge in [0.1, 0.15) is 18.3 Å². The molecule has 2 aliphatic rings. The first-order valence-electron chi connectivity index (χ1n) is 9.67. The van der Waals surface area contributed by atoms with Gasteiger partial charge in [0.15, 0.2) is 0 Å². The molecule has 172 valence electrons. The number of hydrogen-bond donors (Lipinski definition) is 1. The van der Waals surface area contributed by atoms with E-state index >= 15 is 0 Å². The van der Waals surface area contributed by atoms with Crippen LogP contribution in [0.5, 0.6) is 0 Å². The maximum Gasteiger partial charge on any atom is 0.490 e. The number of ether oxygens (including phenoxy) is 2. The Bertz CT molecular complexity index is 848. The van der Waals surface area contributed by atoms with Crippen LogP contribution in [0.2, 0.25) is 0 Å². The summed E-state index contributed by atoms with van der Waals surface area (Å²) in [4.78, 5) is 19.9. The molecule has 2 aromatic heterocycles. The number of carboxylic acids is 1. The van der Waals surface area contributed by atoms with Crippen LogP contribution in [-0.2, 0) is 27.4 Å². The number of hydrogen-bond acceptors (Lipinski definition) is 8. The van der Waals surface area contributed by atoms with Crippen molar-refractivity contribution in [2.45, 2.75) is 50.7 Å². The van der Waals surface area contributed by atoms with Gasteiger partial charge in [0.2, 0.25) is 0 Å². The van der Waals surface area contributed by atoms with Crippen LogP contribution in [0.3, 0.4) is 0 Å². The average molecular weight is 463 g/mol. The molecule has 4 rings (SSSR count). The molecule has 4 heterocycles. The van der Waals surface area contributed by atoms with Crippen LogP contribution in [0.1, 0.15) is 23.5 Å². The molecule has 0 aliphatic carbocycles. The zero-order valence-electron chi connectivity index (χ0n) is 16.9. The number of aryl methyl sites for hydroxylation is 1. The second-order valence-electron chi connectivity index (χ2n) is 7.50. The fraction of sp³-hybridized carbons (Fsp3) is 0.667. The standard InChI is InChI=1S/C16H23N5O2S.C2HF3O2/c1-13-19-14(8-24-13)6-20-4-5-22-10-16(9-20)3-2-15(23-16)7-21-12-17-11-18-21;3-2(4,5)1(6)7/h8,11-12,15H,2-7,9-10H2,1H3;(H,6,7). The summed E-state index contributed by atoms with van der Waals surface area (Å²) in [6, 6.07) is 0. The van der Waals surface area contributed by atoms with Crippen molar-refractivity contribution in [1.29, 1.82) is 0 Å². The molecule has 9 nitrogen and oxygen atoms in total. The van der Waals surface area contributed by atoms with Gasteiger partial charge in [-0.1, -0.05) is 0 Å². The Kier molecular flexibility index (Phi) is 7.62. The van der Waals surface area contributed by atoms with E-state index < -0.39 is 12.1 Å². The number of halogens is 3. The predicted octanol–water partition coefficient (Wildman–Crippen LogP) is 2.13. The summed E-state index contributed by atoms with van der Waals surface area (Å²) < 4.78 is 45.9. The Morgan fingerprint density at radius 3 is 2.84 bits per heavy atom. The third-order valence-electron chi connectivity index (χ3n) is 4.92. The minimum atomic E-state index is -5.08. The Morgan fingerprint density at radius 2 is 2.23 bits per heavy atom. The summed E-state index contributed by atoms with van der Waals surface area (Å²) in [5, 5.41) is 14.6. The molecule has 2 unspecified atom stereocenters. The fourth-order valence-electron chi connectivity index (χ4n) is 3.61. The zero-order valence-corrected chi connectivity index (χ0v) is 17.7. The number of carbonyl (C=O) groups is 1. The molecular formula is C18H24F3N5O4S. The van der Waals surface area contributed by atoms with Gasteiger partial charge in [-0.2, -0.15) is 18.3 Å². The van der Waals surface area contributed by atoms with Crippen LogP contribution in [0.15, 0.2) is 18.0 Å². The lowest BCUT2D eigenvalue weighted by atomic mass is 10.00. The van der Waals surface area contributed by atoms with Crippen molar-refractivity contribution < 1.29 is 32.5 Å². The van der Waals surface area contributed by atoms with Crippen LogP contribution in [0.4, 0.5) is 13.2 Å². The summed E-state index contributed by atoms with van der Waals surface area (Å²) >= 11 is 1.71. The molecule has 2 aliphatic heterocycles. The molecule has 31 heavy (non-hydrogen) atoms. The first kappa shape index (κ1) is 23.6. The van der Waals surface area contributed by atoms with Crippen LogP contribution in [0, 0.1) is 6.92 Å². The third-order valence-corrected chi connectivity index (χ3v) is 5.74.